The first kappa shape index (κ1) is 17.0. The van der Waals surface area contributed by atoms with Gasteiger partial charge in [0.25, 0.3) is 0 Å². The molecule has 2 aromatic rings. The Morgan fingerprint density at radius 2 is 1.71 bits per heavy atom. The molecule has 3 heteroatoms. The molecule has 108 valence electrons. The van der Waals surface area contributed by atoms with Crippen LogP contribution >= 0.6 is 17.0 Å². The van der Waals surface area contributed by atoms with Crippen LogP contribution < -0.4 is 0 Å². The Bertz CT molecular complexity index is 606. The zero-order valence-electron chi connectivity index (χ0n) is 12.1. The van der Waals surface area contributed by atoms with E-state index in [0.717, 1.165) is 12.8 Å². The topological polar surface area (TPSA) is 0 Å². The number of rotatable bonds is 3. The second-order valence-electron chi connectivity index (χ2n) is 5.06. The van der Waals surface area contributed by atoms with Gasteiger partial charge in [-0.2, -0.15) is 0 Å². The molecule has 0 heterocycles. The third kappa shape index (κ3) is 4.81. The molecule has 0 unspecified atom stereocenters. The summed E-state index contributed by atoms with van der Waals surface area (Å²) in [4.78, 5) is 0. The van der Waals surface area contributed by atoms with Gasteiger partial charge >= 0.3 is 37.9 Å². The molecular formula is C18H18Cl2Zr. The van der Waals surface area contributed by atoms with Crippen LogP contribution in [0.15, 0.2) is 54.1 Å². The standard InChI is InChI=1S/C18H18.2ClH.Zr/c1-2-14-11-16-9-6-10-17(18(16)13-14)12-15-7-4-3-5-8-15;;;/h3-10,13H,2,11-12H2,1H3;2*1H;/q;;;+2/p-2. The Morgan fingerprint density at radius 3 is 2.38 bits per heavy atom. The van der Waals surface area contributed by atoms with Crippen molar-refractivity contribution in [2.75, 3.05) is 0 Å². The van der Waals surface area contributed by atoms with Gasteiger partial charge in [-0.3, -0.25) is 0 Å². The molecular weight excluding hydrogens is 378 g/mol. The van der Waals surface area contributed by atoms with Gasteiger partial charge in [-0.15, -0.1) is 0 Å². The Kier molecular flexibility index (Phi) is 7.23. The van der Waals surface area contributed by atoms with Crippen molar-refractivity contribution in [1.82, 2.24) is 0 Å². The van der Waals surface area contributed by atoms with E-state index in [0.29, 0.717) is 0 Å². The molecule has 0 saturated carbocycles. The van der Waals surface area contributed by atoms with Gasteiger partial charge in [0.2, 0.25) is 0 Å². The molecule has 0 atom stereocenters. The number of hydrogen-bond acceptors (Lipinski definition) is 0. The third-order valence-corrected chi connectivity index (χ3v) is 3.74. The molecule has 0 spiro atoms. The zero-order chi connectivity index (χ0) is 15.1. The van der Waals surface area contributed by atoms with E-state index in [4.69, 9.17) is 17.0 Å². The van der Waals surface area contributed by atoms with Crippen molar-refractivity contribution in [3.05, 3.63) is 76.4 Å². The molecule has 2 aromatic carbocycles. The van der Waals surface area contributed by atoms with Crippen molar-refractivity contribution in [2.45, 2.75) is 26.2 Å². The van der Waals surface area contributed by atoms with Gasteiger partial charge in [0.15, 0.2) is 0 Å². The van der Waals surface area contributed by atoms with Crippen LogP contribution in [0, 0.1) is 0 Å². The Morgan fingerprint density at radius 1 is 1.00 bits per heavy atom. The number of benzene rings is 2. The molecule has 0 amide bonds. The van der Waals surface area contributed by atoms with E-state index in [9.17, 15) is 0 Å². The molecule has 0 radical (unpaired) electrons. The molecule has 1 aliphatic rings. The quantitative estimate of drug-likeness (QED) is 0.597. The van der Waals surface area contributed by atoms with Crippen LogP contribution in [0.25, 0.3) is 6.08 Å². The minimum atomic E-state index is -0.826. The van der Waals surface area contributed by atoms with E-state index >= 15 is 0 Å². The van der Waals surface area contributed by atoms with Crippen LogP contribution in [0.3, 0.4) is 0 Å². The molecule has 0 bridgehead atoms. The predicted molar refractivity (Wildman–Crippen MR) is 89.4 cm³/mol. The summed E-state index contributed by atoms with van der Waals surface area (Å²) in [6, 6.07) is 17.5. The average Bonchev–Trinajstić information content (AvgIpc) is 2.93. The van der Waals surface area contributed by atoms with Gasteiger partial charge in [-0.1, -0.05) is 67.1 Å². The van der Waals surface area contributed by atoms with E-state index < -0.39 is 20.8 Å². The van der Waals surface area contributed by atoms with E-state index in [1.54, 1.807) is 5.57 Å². The molecule has 0 fully saturated rings. The molecule has 0 nitrogen and oxygen atoms in total. The van der Waals surface area contributed by atoms with Crippen LogP contribution in [-0.2, 0) is 33.7 Å². The van der Waals surface area contributed by atoms with Gasteiger partial charge in [-0.05, 0) is 41.5 Å². The summed E-state index contributed by atoms with van der Waals surface area (Å²) >= 11 is -0.826. The van der Waals surface area contributed by atoms with Crippen LogP contribution in [0.4, 0.5) is 0 Å². The molecule has 0 aromatic heterocycles. The molecule has 0 saturated heterocycles. The van der Waals surface area contributed by atoms with Crippen LogP contribution in [0.1, 0.15) is 35.6 Å². The number of hydrogen-bond donors (Lipinski definition) is 0. The first-order chi connectivity index (χ1) is 10.3. The van der Waals surface area contributed by atoms with Gasteiger partial charge in [0.1, 0.15) is 0 Å². The minimum absolute atomic E-state index is 0.826. The molecule has 0 N–H and O–H groups in total. The van der Waals surface area contributed by atoms with E-state index in [-0.39, 0.29) is 0 Å². The summed E-state index contributed by atoms with van der Waals surface area (Å²) in [5, 5.41) is 0. The average molecular weight is 396 g/mol. The maximum atomic E-state index is 4.93. The molecule has 1 aliphatic carbocycles. The number of allylic oxidation sites excluding steroid dienone is 1. The second-order valence-corrected chi connectivity index (χ2v) is 8.79. The summed E-state index contributed by atoms with van der Waals surface area (Å²) in [6.45, 7) is 2.24. The first-order valence-electron chi connectivity index (χ1n) is 7.08. The summed E-state index contributed by atoms with van der Waals surface area (Å²) in [5.41, 5.74) is 7.38. The summed E-state index contributed by atoms with van der Waals surface area (Å²) in [7, 11) is 9.87. The fourth-order valence-electron chi connectivity index (χ4n) is 2.70. The molecule has 21 heavy (non-hydrogen) atoms. The van der Waals surface area contributed by atoms with E-state index in [1.165, 1.54) is 28.7 Å². The van der Waals surface area contributed by atoms with Crippen molar-refractivity contribution in [2.24, 2.45) is 0 Å². The van der Waals surface area contributed by atoms with Crippen molar-refractivity contribution in [3.63, 3.8) is 0 Å². The fraction of sp³-hybridized carbons (Fsp3) is 0.222. The Hall–Kier alpha value is -0.357. The number of halogens is 2. The molecule has 3 rings (SSSR count). The predicted octanol–water partition coefficient (Wildman–Crippen LogP) is 6.00. The van der Waals surface area contributed by atoms with Crippen molar-refractivity contribution in [3.8, 4) is 0 Å². The van der Waals surface area contributed by atoms with Crippen molar-refractivity contribution >= 4 is 23.1 Å². The van der Waals surface area contributed by atoms with E-state index in [1.807, 2.05) is 0 Å². The SMILES string of the molecule is CCC1=Cc2c(cccc2Cc2ccccc2)C1.[Cl][Zr][Cl]. The van der Waals surface area contributed by atoms with E-state index in [2.05, 4.69) is 61.5 Å². The monoisotopic (exact) mass is 394 g/mol. The van der Waals surface area contributed by atoms with Crippen molar-refractivity contribution < 1.29 is 20.8 Å². The van der Waals surface area contributed by atoms with Gasteiger partial charge in [0.05, 0.1) is 0 Å². The summed E-state index contributed by atoms with van der Waals surface area (Å²) in [6.07, 6.45) is 5.75. The zero-order valence-corrected chi connectivity index (χ0v) is 16.0. The molecule has 0 aliphatic heterocycles. The van der Waals surface area contributed by atoms with Crippen molar-refractivity contribution in [1.29, 1.82) is 0 Å². The first-order valence-corrected chi connectivity index (χ1v) is 13.4. The van der Waals surface area contributed by atoms with Crippen LogP contribution in [-0.4, -0.2) is 0 Å². The van der Waals surface area contributed by atoms with Crippen LogP contribution in [0.2, 0.25) is 0 Å². The Labute approximate surface area is 145 Å². The fourth-order valence-corrected chi connectivity index (χ4v) is 2.70. The second kappa shape index (κ2) is 8.93. The number of fused-ring (bicyclic) bond motifs is 1. The van der Waals surface area contributed by atoms with Gasteiger partial charge in [-0.25, -0.2) is 0 Å². The third-order valence-electron chi connectivity index (χ3n) is 3.74. The summed E-state index contributed by atoms with van der Waals surface area (Å²) < 4.78 is 0. The summed E-state index contributed by atoms with van der Waals surface area (Å²) in [5.74, 6) is 0. The van der Waals surface area contributed by atoms with Crippen LogP contribution in [0.5, 0.6) is 0 Å². The maximum absolute atomic E-state index is 4.93. The normalized spacial score (nSPS) is 12.0. The Balaban J connectivity index is 0.000000497. The van der Waals surface area contributed by atoms with Gasteiger partial charge < -0.3 is 0 Å². The van der Waals surface area contributed by atoms with Gasteiger partial charge in [0, 0.05) is 0 Å².